The number of nitrogens with zero attached hydrogens (tertiary/aromatic N) is 1. The van der Waals surface area contributed by atoms with Crippen molar-refractivity contribution in [2.24, 2.45) is 0 Å². The Hall–Kier alpha value is -6.51. The van der Waals surface area contributed by atoms with Crippen LogP contribution in [-0.4, -0.2) is 9.97 Å². The number of pyridine rings is 1. The average Bonchev–Trinajstić information content (AvgIpc) is 3.77. The SMILES string of the molecule is CC(C)(C)c1ccc(-c2cc(-c3ccc(C(C)(C)C)cc3)cc(-c3ccc4c(n3)-c3c(ccc5c3[nH]c3ccccc35)C4(c3ccccc3)c3ccccc3)c2)cc1. The molecule has 2 nitrogen and oxygen atoms in total. The van der Waals surface area contributed by atoms with E-state index in [4.69, 9.17) is 4.98 Å². The summed E-state index contributed by atoms with van der Waals surface area (Å²) in [5, 5.41) is 2.44. The molecule has 9 aromatic rings. The van der Waals surface area contributed by atoms with Crippen molar-refractivity contribution in [2.45, 2.75) is 57.8 Å². The van der Waals surface area contributed by atoms with Crippen molar-refractivity contribution >= 4 is 21.8 Å². The van der Waals surface area contributed by atoms with Crippen molar-refractivity contribution in [3.63, 3.8) is 0 Å². The summed E-state index contributed by atoms with van der Waals surface area (Å²) in [5.74, 6) is 0. The third-order valence-corrected chi connectivity index (χ3v) is 12.4. The minimum absolute atomic E-state index is 0.0795. The highest BCUT2D eigenvalue weighted by Gasteiger charge is 2.48. The van der Waals surface area contributed by atoms with E-state index >= 15 is 0 Å². The molecule has 0 fully saturated rings. The van der Waals surface area contributed by atoms with E-state index in [1.807, 2.05) is 0 Å². The summed E-state index contributed by atoms with van der Waals surface area (Å²) in [7, 11) is 0. The van der Waals surface area contributed by atoms with Gasteiger partial charge in [0.1, 0.15) is 0 Å². The minimum atomic E-state index is -0.555. The fraction of sp³-hybridized carbons (Fsp3) is 0.161. The number of rotatable bonds is 5. The summed E-state index contributed by atoms with van der Waals surface area (Å²) in [4.78, 5) is 9.64. The van der Waals surface area contributed by atoms with Crippen LogP contribution in [0.5, 0.6) is 0 Å². The summed E-state index contributed by atoms with van der Waals surface area (Å²) in [5.41, 5.74) is 18.4. The molecule has 0 unspecified atom stereocenters. The van der Waals surface area contributed by atoms with Gasteiger partial charge in [-0.25, -0.2) is 4.98 Å². The van der Waals surface area contributed by atoms with Gasteiger partial charge >= 0.3 is 0 Å². The molecule has 0 spiro atoms. The van der Waals surface area contributed by atoms with Gasteiger partial charge in [-0.05, 0) is 96.8 Å². The van der Waals surface area contributed by atoms with E-state index in [2.05, 4.69) is 222 Å². The van der Waals surface area contributed by atoms with Crippen LogP contribution in [0.3, 0.4) is 0 Å². The first-order valence-electron chi connectivity index (χ1n) is 20.5. The first-order chi connectivity index (χ1) is 28.0. The fourth-order valence-corrected chi connectivity index (χ4v) is 9.33. The van der Waals surface area contributed by atoms with Crippen molar-refractivity contribution in [1.29, 1.82) is 0 Å². The highest BCUT2D eigenvalue weighted by molar-refractivity contribution is 6.14. The van der Waals surface area contributed by atoms with Gasteiger partial charge in [0, 0.05) is 27.4 Å². The van der Waals surface area contributed by atoms with Crippen LogP contribution in [0.1, 0.15) is 74.9 Å². The molecule has 0 radical (unpaired) electrons. The van der Waals surface area contributed by atoms with Crippen molar-refractivity contribution < 1.29 is 0 Å². The maximum Gasteiger partial charge on any atom is 0.0781 e. The van der Waals surface area contributed by atoms with E-state index in [9.17, 15) is 0 Å². The summed E-state index contributed by atoms with van der Waals surface area (Å²) in [6.07, 6.45) is 0. The third kappa shape index (κ3) is 5.73. The molecule has 7 aromatic carbocycles. The maximum absolute atomic E-state index is 5.77. The molecule has 0 saturated heterocycles. The summed E-state index contributed by atoms with van der Waals surface area (Å²) in [6, 6.07) is 65.1. The maximum atomic E-state index is 5.77. The lowest BCUT2D eigenvalue weighted by Gasteiger charge is -2.33. The van der Waals surface area contributed by atoms with E-state index in [-0.39, 0.29) is 10.8 Å². The van der Waals surface area contributed by atoms with Gasteiger partial charge in [0.05, 0.1) is 22.3 Å². The predicted molar refractivity (Wildman–Crippen MR) is 245 cm³/mol. The van der Waals surface area contributed by atoms with Crippen LogP contribution in [0, 0.1) is 0 Å². The summed E-state index contributed by atoms with van der Waals surface area (Å²) >= 11 is 0. The standard InChI is InChI=1S/C56H48N2/c1-54(2,3)41-25-21-36(22-26-41)38-33-39(37-23-27-42(28-24-37)55(4,5)6)35-40(34-38)49-32-31-48-53(57-49)51-47(30-29-46-45-19-13-14-20-50(45)58-52(46)51)56(48,43-15-9-7-10-16-43)44-17-11-8-12-18-44/h7-35,58H,1-6H3. The van der Waals surface area contributed by atoms with Gasteiger partial charge in [0.15, 0.2) is 0 Å². The quantitative estimate of drug-likeness (QED) is 0.187. The molecule has 58 heavy (non-hydrogen) atoms. The highest BCUT2D eigenvalue weighted by Crippen LogP contribution is 2.58. The minimum Gasteiger partial charge on any atom is -0.354 e. The van der Waals surface area contributed by atoms with Crippen LogP contribution in [0.25, 0.3) is 66.6 Å². The molecule has 2 heteroatoms. The van der Waals surface area contributed by atoms with Gasteiger partial charge in [-0.1, -0.05) is 187 Å². The Morgan fingerprint density at radius 3 is 1.48 bits per heavy atom. The van der Waals surface area contributed by atoms with Gasteiger partial charge in [-0.2, -0.15) is 0 Å². The summed E-state index contributed by atoms with van der Waals surface area (Å²) in [6.45, 7) is 13.6. The zero-order chi connectivity index (χ0) is 39.8. The molecule has 0 bridgehead atoms. The van der Waals surface area contributed by atoms with Gasteiger partial charge in [-0.3, -0.25) is 0 Å². The molecular formula is C56H48N2. The Labute approximate surface area is 342 Å². The van der Waals surface area contributed by atoms with E-state index in [0.29, 0.717) is 0 Å². The molecule has 0 amide bonds. The molecular weight excluding hydrogens is 701 g/mol. The highest BCUT2D eigenvalue weighted by atomic mass is 14.8. The Morgan fingerprint density at radius 2 is 0.931 bits per heavy atom. The first-order valence-corrected chi connectivity index (χ1v) is 20.5. The van der Waals surface area contributed by atoms with Crippen molar-refractivity contribution in [3.8, 4) is 44.8 Å². The Balaban J connectivity index is 1.24. The monoisotopic (exact) mass is 748 g/mol. The largest absolute Gasteiger partial charge is 0.354 e. The van der Waals surface area contributed by atoms with E-state index in [1.54, 1.807) is 0 Å². The number of aromatic amines is 1. The predicted octanol–water partition coefficient (Wildman–Crippen LogP) is 14.7. The van der Waals surface area contributed by atoms with Gasteiger partial charge in [0.25, 0.3) is 0 Å². The molecule has 0 atom stereocenters. The molecule has 1 aliphatic rings. The zero-order valence-electron chi connectivity index (χ0n) is 34.2. The smallest absolute Gasteiger partial charge is 0.0781 e. The van der Waals surface area contributed by atoms with Crippen LogP contribution in [0.4, 0.5) is 0 Å². The van der Waals surface area contributed by atoms with Crippen LogP contribution in [-0.2, 0) is 16.2 Å². The molecule has 2 heterocycles. The molecule has 1 aliphatic carbocycles. The average molecular weight is 749 g/mol. The normalized spacial score (nSPS) is 13.5. The molecule has 2 aromatic heterocycles. The van der Waals surface area contributed by atoms with Crippen molar-refractivity contribution in [1.82, 2.24) is 9.97 Å². The van der Waals surface area contributed by atoms with Crippen LogP contribution in [0.2, 0.25) is 0 Å². The van der Waals surface area contributed by atoms with Gasteiger partial charge < -0.3 is 4.98 Å². The second-order valence-corrected chi connectivity index (χ2v) is 18.1. The molecule has 1 N–H and O–H groups in total. The Bertz CT molecular complexity index is 2860. The van der Waals surface area contributed by atoms with Crippen molar-refractivity contribution in [3.05, 3.63) is 209 Å². The zero-order valence-corrected chi connectivity index (χ0v) is 34.2. The number of hydrogen-bond donors (Lipinski definition) is 1. The van der Waals surface area contributed by atoms with Gasteiger partial charge in [-0.15, -0.1) is 0 Å². The molecule has 0 saturated carbocycles. The summed E-state index contributed by atoms with van der Waals surface area (Å²) < 4.78 is 0. The lowest BCUT2D eigenvalue weighted by molar-refractivity contribution is 0.590. The molecule has 10 rings (SSSR count). The third-order valence-electron chi connectivity index (χ3n) is 12.4. The Morgan fingerprint density at radius 1 is 0.431 bits per heavy atom. The first kappa shape index (κ1) is 35.9. The molecule has 0 aliphatic heterocycles. The van der Waals surface area contributed by atoms with Crippen LogP contribution < -0.4 is 0 Å². The topological polar surface area (TPSA) is 28.7 Å². The Kier molecular flexibility index (Phi) is 8.22. The van der Waals surface area contributed by atoms with Crippen LogP contribution >= 0.6 is 0 Å². The van der Waals surface area contributed by atoms with E-state index < -0.39 is 5.41 Å². The fourth-order valence-electron chi connectivity index (χ4n) is 9.33. The molecule has 282 valence electrons. The van der Waals surface area contributed by atoms with Crippen LogP contribution in [0.15, 0.2) is 176 Å². The second-order valence-electron chi connectivity index (χ2n) is 18.1. The van der Waals surface area contributed by atoms with Crippen molar-refractivity contribution in [2.75, 3.05) is 0 Å². The lowest BCUT2D eigenvalue weighted by Crippen LogP contribution is -2.28. The van der Waals surface area contributed by atoms with Gasteiger partial charge in [0.2, 0.25) is 0 Å². The number of fused-ring (bicyclic) bond motifs is 7. The number of para-hydroxylation sites is 1. The number of aromatic nitrogens is 2. The number of H-pyrrole nitrogens is 1. The number of benzene rings is 7. The van der Waals surface area contributed by atoms with E-state index in [1.165, 1.54) is 72.0 Å². The lowest BCUT2D eigenvalue weighted by atomic mass is 9.68. The number of nitrogens with one attached hydrogen (secondary N) is 1. The second kappa shape index (κ2) is 13.3. The van der Waals surface area contributed by atoms with E-state index in [0.717, 1.165) is 28.0 Å². The number of hydrogen-bond acceptors (Lipinski definition) is 1.